The third-order valence-corrected chi connectivity index (χ3v) is 3.83. The summed E-state index contributed by atoms with van der Waals surface area (Å²) in [6.45, 7) is 4.24. The molecule has 2 aromatic rings. The van der Waals surface area contributed by atoms with E-state index in [1.54, 1.807) is 0 Å². The Morgan fingerprint density at radius 3 is 0.842 bits per heavy atom. The van der Waals surface area contributed by atoms with Gasteiger partial charge < -0.3 is 41.3 Å². The number of nitrogens with one attached hydrogen (secondary N) is 2. The van der Waals surface area contributed by atoms with Gasteiger partial charge in [-0.1, -0.05) is 0 Å². The summed E-state index contributed by atoms with van der Waals surface area (Å²) in [7, 11) is 3.90. The molecule has 16 nitrogen and oxygen atoms in total. The van der Waals surface area contributed by atoms with Gasteiger partial charge in [-0.2, -0.15) is 0 Å². The molecule has 0 radical (unpaired) electrons. The van der Waals surface area contributed by atoms with E-state index < -0.39 is 35.8 Å². The Kier molecular flexibility index (Phi) is 22.3. The normalized spacial score (nSPS) is 10.3. The van der Waals surface area contributed by atoms with Gasteiger partial charge in [0.1, 0.15) is 0 Å². The molecule has 0 saturated carbocycles. The van der Waals surface area contributed by atoms with Crippen molar-refractivity contribution in [3.63, 3.8) is 0 Å². The molecular formula is C22H30N4O12. The summed E-state index contributed by atoms with van der Waals surface area (Å²) in [6, 6.07) is 8.90. The van der Waals surface area contributed by atoms with Crippen molar-refractivity contribution in [2.24, 2.45) is 0 Å². The largest absolute Gasteiger partial charge is 0.473 e. The van der Waals surface area contributed by atoms with E-state index in [9.17, 15) is 0 Å². The van der Waals surface area contributed by atoms with Crippen LogP contribution in [0.25, 0.3) is 0 Å². The number of rotatable bonds is 4. The first-order valence-corrected chi connectivity index (χ1v) is 10.1. The molecule has 0 saturated heterocycles. The van der Waals surface area contributed by atoms with Gasteiger partial charge in [0.15, 0.2) is 0 Å². The first kappa shape index (κ1) is 37.6. The smallest absolute Gasteiger partial charge is 0.414 e. The van der Waals surface area contributed by atoms with Gasteiger partial charge in [0.05, 0.1) is 0 Å². The molecule has 38 heavy (non-hydrogen) atoms. The molecule has 2 unspecified atom stereocenters. The van der Waals surface area contributed by atoms with Crippen LogP contribution in [-0.4, -0.2) is 90.5 Å². The molecule has 0 amide bonds. The highest BCUT2D eigenvalue weighted by atomic mass is 16.5. The number of hydrogen-bond acceptors (Lipinski definition) is 10. The van der Waals surface area contributed by atoms with E-state index in [0.29, 0.717) is 12.1 Å². The second-order valence-corrected chi connectivity index (χ2v) is 6.41. The van der Waals surface area contributed by atoms with Gasteiger partial charge in [0.2, 0.25) is 0 Å². The molecule has 0 aliphatic carbocycles. The maximum absolute atomic E-state index is 9.10. The van der Waals surface area contributed by atoms with Gasteiger partial charge >= 0.3 is 35.8 Å². The third-order valence-electron chi connectivity index (χ3n) is 3.83. The molecule has 0 spiro atoms. The Hall–Kier alpha value is -4.96. The minimum Gasteiger partial charge on any atom is -0.473 e. The van der Waals surface area contributed by atoms with Crippen molar-refractivity contribution < 1.29 is 59.4 Å². The van der Waals surface area contributed by atoms with Crippen molar-refractivity contribution in [3.8, 4) is 0 Å². The number of aromatic nitrogens is 2. The van der Waals surface area contributed by atoms with E-state index in [2.05, 4.69) is 34.4 Å². The predicted octanol–water partition coefficient (Wildman–Crippen LogP) is 0.191. The van der Waals surface area contributed by atoms with Crippen molar-refractivity contribution in [1.29, 1.82) is 0 Å². The van der Waals surface area contributed by atoms with Gasteiger partial charge in [0, 0.05) is 36.9 Å². The summed E-state index contributed by atoms with van der Waals surface area (Å²) in [5.74, 6) is -10.9. The molecule has 0 aliphatic heterocycles. The van der Waals surface area contributed by atoms with Gasteiger partial charge in [0.25, 0.3) is 0 Å². The predicted molar refractivity (Wildman–Crippen MR) is 129 cm³/mol. The summed E-state index contributed by atoms with van der Waals surface area (Å²) in [6.07, 6.45) is 7.23. The average molecular weight is 542 g/mol. The Bertz CT molecular complexity index is 865. The maximum Gasteiger partial charge on any atom is 0.414 e. The lowest BCUT2D eigenvalue weighted by Crippen LogP contribution is -2.11. The van der Waals surface area contributed by atoms with E-state index in [1.807, 2.05) is 63.1 Å². The van der Waals surface area contributed by atoms with Crippen LogP contribution in [0.4, 0.5) is 0 Å². The number of aliphatic carboxylic acids is 6. The summed E-state index contributed by atoms with van der Waals surface area (Å²) in [5.41, 5.74) is 2.55. The first-order valence-electron chi connectivity index (χ1n) is 10.1. The highest BCUT2D eigenvalue weighted by molar-refractivity contribution is 6.28. The number of hydrogen-bond donors (Lipinski definition) is 8. The Labute approximate surface area is 216 Å². The van der Waals surface area contributed by atoms with E-state index in [-0.39, 0.29) is 0 Å². The van der Waals surface area contributed by atoms with Crippen LogP contribution in [0.15, 0.2) is 49.1 Å². The van der Waals surface area contributed by atoms with Crippen LogP contribution in [0.1, 0.15) is 37.1 Å². The minimum absolute atomic E-state index is 0.419. The topological polar surface area (TPSA) is 274 Å². The van der Waals surface area contributed by atoms with Crippen LogP contribution in [0.2, 0.25) is 0 Å². The third kappa shape index (κ3) is 22.8. The zero-order valence-electron chi connectivity index (χ0n) is 20.8. The van der Waals surface area contributed by atoms with E-state index in [4.69, 9.17) is 59.4 Å². The van der Waals surface area contributed by atoms with Gasteiger partial charge in [-0.3, -0.25) is 9.97 Å². The fraction of sp³-hybridized carbons (Fsp3) is 0.273. The second kappa shape index (κ2) is 22.5. The van der Waals surface area contributed by atoms with Crippen LogP contribution >= 0.6 is 0 Å². The number of carboxylic acids is 6. The van der Waals surface area contributed by atoms with Crippen LogP contribution in [0.5, 0.6) is 0 Å². The Morgan fingerprint density at radius 2 is 0.711 bits per heavy atom. The lowest BCUT2D eigenvalue weighted by molar-refractivity contribution is -0.159. The van der Waals surface area contributed by atoms with Crippen molar-refractivity contribution in [3.05, 3.63) is 60.2 Å². The van der Waals surface area contributed by atoms with E-state index >= 15 is 0 Å². The minimum atomic E-state index is -1.82. The molecule has 16 heteroatoms. The summed E-state index contributed by atoms with van der Waals surface area (Å²) in [4.78, 5) is 62.5. The van der Waals surface area contributed by atoms with Crippen molar-refractivity contribution in [2.45, 2.75) is 25.9 Å². The van der Waals surface area contributed by atoms with Crippen molar-refractivity contribution >= 4 is 35.8 Å². The Morgan fingerprint density at radius 1 is 0.526 bits per heavy atom. The van der Waals surface area contributed by atoms with E-state index in [1.165, 1.54) is 11.1 Å². The summed E-state index contributed by atoms with van der Waals surface area (Å²) >= 11 is 0. The zero-order valence-corrected chi connectivity index (χ0v) is 20.8. The molecule has 0 fully saturated rings. The van der Waals surface area contributed by atoms with Gasteiger partial charge in [-0.25, -0.2) is 28.8 Å². The Balaban J connectivity index is -0.000000414. The van der Waals surface area contributed by atoms with Crippen LogP contribution in [0, 0.1) is 0 Å². The average Bonchev–Trinajstić information content (AvgIpc) is 2.90. The lowest BCUT2D eigenvalue weighted by Gasteiger charge is -2.08. The number of pyridine rings is 2. The standard InChI is InChI=1S/2C8H12N2.3C2H2O4/c2*1-7(9-2)8-3-5-10-6-4-8;3*3-1(4)2(5)6/h2*3-7,9H,1-2H3;3*(H,3,4)(H,5,6). The molecule has 2 rings (SSSR count). The fourth-order valence-corrected chi connectivity index (χ4v) is 1.64. The lowest BCUT2D eigenvalue weighted by atomic mass is 10.1. The fourth-order valence-electron chi connectivity index (χ4n) is 1.64. The van der Waals surface area contributed by atoms with Crippen LogP contribution < -0.4 is 10.6 Å². The van der Waals surface area contributed by atoms with Crippen molar-refractivity contribution in [2.75, 3.05) is 14.1 Å². The maximum atomic E-state index is 9.10. The molecular weight excluding hydrogens is 512 g/mol. The highest BCUT2D eigenvalue weighted by Gasteiger charge is 2.05. The van der Waals surface area contributed by atoms with Gasteiger partial charge in [-0.05, 0) is 63.3 Å². The second-order valence-electron chi connectivity index (χ2n) is 6.41. The zero-order chi connectivity index (χ0) is 30.3. The molecule has 0 aliphatic rings. The number of carboxylic acid groups (broad SMARTS) is 6. The van der Waals surface area contributed by atoms with E-state index in [0.717, 1.165) is 0 Å². The highest BCUT2D eigenvalue weighted by Crippen LogP contribution is 2.08. The van der Waals surface area contributed by atoms with Gasteiger partial charge in [-0.15, -0.1) is 0 Å². The summed E-state index contributed by atoms with van der Waals surface area (Å²) < 4.78 is 0. The van der Waals surface area contributed by atoms with Crippen LogP contribution in [-0.2, 0) is 28.8 Å². The van der Waals surface area contributed by atoms with Crippen molar-refractivity contribution in [1.82, 2.24) is 20.6 Å². The monoisotopic (exact) mass is 542 g/mol. The molecule has 0 bridgehead atoms. The molecule has 2 aromatic heterocycles. The van der Waals surface area contributed by atoms with Crippen LogP contribution in [0.3, 0.4) is 0 Å². The molecule has 2 heterocycles. The SMILES string of the molecule is CNC(C)c1ccncc1.CNC(C)c1ccncc1.O=C(O)C(=O)O.O=C(O)C(=O)O.O=C(O)C(=O)O. The molecule has 210 valence electrons. The quantitative estimate of drug-likeness (QED) is 0.239. The molecule has 8 N–H and O–H groups in total. The molecule has 0 aromatic carbocycles. The summed E-state index contributed by atoms with van der Waals surface area (Å²) in [5, 5.41) is 50.7. The number of carbonyl (C=O) groups is 6. The number of nitrogens with zero attached hydrogens (tertiary/aromatic N) is 2. The molecule has 2 atom stereocenters. The first-order chi connectivity index (χ1) is 17.6.